The van der Waals surface area contributed by atoms with E-state index >= 15 is 0 Å². The van der Waals surface area contributed by atoms with Gasteiger partial charge in [-0.15, -0.1) is 0 Å². The van der Waals surface area contributed by atoms with Crippen molar-refractivity contribution >= 4 is 5.91 Å². The summed E-state index contributed by atoms with van der Waals surface area (Å²) in [6.45, 7) is 9.10. The van der Waals surface area contributed by atoms with Crippen LogP contribution < -0.4 is 11.1 Å². The van der Waals surface area contributed by atoms with Crippen LogP contribution in [0.2, 0.25) is 0 Å². The predicted molar refractivity (Wildman–Crippen MR) is 61.5 cm³/mol. The Hall–Kier alpha value is -0.610. The molecule has 3 N–H and O–H groups in total. The first-order chi connectivity index (χ1) is 6.93. The molecule has 15 heavy (non-hydrogen) atoms. The summed E-state index contributed by atoms with van der Waals surface area (Å²) in [7, 11) is 0. The van der Waals surface area contributed by atoms with E-state index in [4.69, 9.17) is 10.5 Å². The molecule has 0 heterocycles. The summed E-state index contributed by atoms with van der Waals surface area (Å²) >= 11 is 0. The summed E-state index contributed by atoms with van der Waals surface area (Å²) < 4.78 is 5.30. The molecule has 0 radical (unpaired) electrons. The highest BCUT2D eigenvalue weighted by Gasteiger charge is 2.13. The minimum absolute atomic E-state index is 0.0870. The molecule has 0 aromatic carbocycles. The average molecular weight is 216 g/mol. The van der Waals surface area contributed by atoms with E-state index in [-0.39, 0.29) is 12.0 Å². The summed E-state index contributed by atoms with van der Waals surface area (Å²) in [5, 5.41) is 2.75. The van der Waals surface area contributed by atoms with Gasteiger partial charge in [-0.05, 0) is 26.2 Å². The molecule has 0 bridgehead atoms. The van der Waals surface area contributed by atoms with Gasteiger partial charge in [-0.25, -0.2) is 0 Å². The molecule has 0 aromatic rings. The van der Waals surface area contributed by atoms with Crippen LogP contribution in [-0.4, -0.2) is 31.2 Å². The monoisotopic (exact) mass is 216 g/mol. The van der Waals surface area contributed by atoms with E-state index in [1.807, 2.05) is 13.8 Å². The number of carbonyl (C=O) groups is 1. The molecular formula is C11H24N2O2. The van der Waals surface area contributed by atoms with Gasteiger partial charge >= 0.3 is 0 Å². The van der Waals surface area contributed by atoms with E-state index in [0.717, 1.165) is 6.42 Å². The van der Waals surface area contributed by atoms with Crippen molar-refractivity contribution in [1.29, 1.82) is 0 Å². The fraction of sp³-hybridized carbons (Fsp3) is 0.909. The molecule has 0 spiro atoms. The Kier molecular flexibility index (Phi) is 7.34. The van der Waals surface area contributed by atoms with Crippen molar-refractivity contribution in [2.75, 3.05) is 13.2 Å². The number of nitrogens with one attached hydrogen (secondary N) is 1. The van der Waals surface area contributed by atoms with Crippen LogP contribution in [0.1, 0.15) is 34.1 Å². The van der Waals surface area contributed by atoms with Crippen LogP contribution in [0, 0.1) is 5.92 Å². The largest absolute Gasteiger partial charge is 0.377 e. The highest BCUT2D eigenvalue weighted by Crippen LogP contribution is 2.02. The fourth-order valence-electron chi connectivity index (χ4n) is 1.21. The van der Waals surface area contributed by atoms with Gasteiger partial charge in [0.1, 0.15) is 0 Å². The third kappa shape index (κ3) is 8.39. The van der Waals surface area contributed by atoms with Gasteiger partial charge in [0.25, 0.3) is 0 Å². The van der Waals surface area contributed by atoms with E-state index in [9.17, 15) is 4.79 Å². The Morgan fingerprint density at radius 3 is 2.40 bits per heavy atom. The molecule has 0 rings (SSSR count). The summed E-state index contributed by atoms with van der Waals surface area (Å²) in [6, 6.07) is -0.399. The molecule has 0 aromatic heterocycles. The van der Waals surface area contributed by atoms with Gasteiger partial charge < -0.3 is 15.8 Å². The van der Waals surface area contributed by atoms with Crippen molar-refractivity contribution in [3.63, 3.8) is 0 Å². The summed E-state index contributed by atoms with van der Waals surface area (Å²) in [6.07, 6.45) is 0.919. The Labute approximate surface area is 92.6 Å². The Bertz CT molecular complexity index is 181. The molecule has 4 heteroatoms. The second kappa shape index (κ2) is 7.65. The van der Waals surface area contributed by atoms with E-state index in [1.165, 1.54) is 0 Å². The number of amides is 1. The number of ether oxygens (including phenoxy) is 1. The maximum atomic E-state index is 11.4. The molecule has 0 aliphatic heterocycles. The zero-order valence-corrected chi connectivity index (χ0v) is 10.2. The number of hydrogen-bond donors (Lipinski definition) is 2. The molecule has 0 aliphatic carbocycles. The number of hydrogen-bond acceptors (Lipinski definition) is 3. The van der Waals surface area contributed by atoms with E-state index in [1.54, 1.807) is 0 Å². The lowest BCUT2D eigenvalue weighted by Gasteiger charge is -2.14. The van der Waals surface area contributed by atoms with Crippen LogP contribution in [-0.2, 0) is 9.53 Å². The van der Waals surface area contributed by atoms with Crippen LogP contribution in [0.25, 0.3) is 0 Å². The van der Waals surface area contributed by atoms with Crippen molar-refractivity contribution in [3.8, 4) is 0 Å². The lowest BCUT2D eigenvalue weighted by molar-refractivity contribution is -0.123. The van der Waals surface area contributed by atoms with Crippen LogP contribution in [0.4, 0.5) is 0 Å². The van der Waals surface area contributed by atoms with E-state index < -0.39 is 6.04 Å². The zero-order valence-electron chi connectivity index (χ0n) is 10.2. The molecule has 90 valence electrons. The van der Waals surface area contributed by atoms with E-state index in [2.05, 4.69) is 19.2 Å². The standard InChI is InChI=1S/C11H24N2O2/c1-8(2)7-10(12)11(14)13-5-6-15-9(3)4/h8-10H,5-7,12H2,1-4H3,(H,13,14)/t10-/m1/s1. The third-order valence-corrected chi connectivity index (χ3v) is 1.91. The molecule has 0 unspecified atom stereocenters. The number of rotatable bonds is 7. The smallest absolute Gasteiger partial charge is 0.237 e. The van der Waals surface area contributed by atoms with Gasteiger partial charge in [0.15, 0.2) is 0 Å². The highest BCUT2D eigenvalue weighted by atomic mass is 16.5. The number of carbonyl (C=O) groups excluding carboxylic acids is 1. The first-order valence-electron chi connectivity index (χ1n) is 5.58. The van der Waals surface area contributed by atoms with Gasteiger partial charge in [0.2, 0.25) is 5.91 Å². The normalized spacial score (nSPS) is 13.3. The second-order valence-corrected chi connectivity index (χ2v) is 4.45. The molecule has 0 aliphatic rings. The number of nitrogens with two attached hydrogens (primary N) is 1. The van der Waals surface area contributed by atoms with Crippen LogP contribution in [0.3, 0.4) is 0 Å². The quantitative estimate of drug-likeness (QED) is 0.621. The van der Waals surface area contributed by atoms with Crippen molar-refractivity contribution in [2.45, 2.75) is 46.3 Å². The minimum atomic E-state index is -0.399. The van der Waals surface area contributed by atoms with Gasteiger partial charge in [-0.2, -0.15) is 0 Å². The van der Waals surface area contributed by atoms with Crippen LogP contribution in [0.15, 0.2) is 0 Å². The Morgan fingerprint density at radius 1 is 1.33 bits per heavy atom. The van der Waals surface area contributed by atoms with Crippen LogP contribution in [0.5, 0.6) is 0 Å². The third-order valence-electron chi connectivity index (χ3n) is 1.91. The zero-order chi connectivity index (χ0) is 11.8. The first kappa shape index (κ1) is 14.4. The summed E-state index contributed by atoms with van der Waals surface area (Å²) in [5.74, 6) is 0.355. The molecule has 0 saturated heterocycles. The highest BCUT2D eigenvalue weighted by molar-refractivity contribution is 5.81. The summed E-state index contributed by atoms with van der Waals surface area (Å²) in [5.41, 5.74) is 5.71. The van der Waals surface area contributed by atoms with E-state index in [0.29, 0.717) is 19.1 Å². The topological polar surface area (TPSA) is 64.4 Å². The maximum Gasteiger partial charge on any atom is 0.237 e. The van der Waals surface area contributed by atoms with Gasteiger partial charge in [-0.1, -0.05) is 13.8 Å². The predicted octanol–water partition coefficient (Wildman–Crippen LogP) is 0.901. The van der Waals surface area contributed by atoms with Crippen LogP contribution >= 0.6 is 0 Å². The van der Waals surface area contributed by atoms with Gasteiger partial charge in [0, 0.05) is 6.54 Å². The Morgan fingerprint density at radius 2 is 1.93 bits per heavy atom. The molecule has 1 amide bonds. The molecule has 1 atom stereocenters. The molecule has 0 saturated carbocycles. The maximum absolute atomic E-state index is 11.4. The SMILES string of the molecule is CC(C)C[C@@H](N)C(=O)NCCOC(C)C. The van der Waals surface area contributed by atoms with Gasteiger partial charge in [0.05, 0.1) is 18.8 Å². The summed E-state index contributed by atoms with van der Waals surface area (Å²) in [4.78, 5) is 11.4. The van der Waals surface area contributed by atoms with Gasteiger partial charge in [-0.3, -0.25) is 4.79 Å². The van der Waals surface area contributed by atoms with Crippen molar-refractivity contribution in [3.05, 3.63) is 0 Å². The lowest BCUT2D eigenvalue weighted by atomic mass is 10.0. The first-order valence-corrected chi connectivity index (χ1v) is 5.58. The lowest BCUT2D eigenvalue weighted by Crippen LogP contribution is -2.42. The fourth-order valence-corrected chi connectivity index (χ4v) is 1.21. The minimum Gasteiger partial charge on any atom is -0.377 e. The Balaban J connectivity index is 3.56. The molecule has 0 fully saturated rings. The molecular weight excluding hydrogens is 192 g/mol. The van der Waals surface area contributed by atoms with Crippen molar-refractivity contribution in [1.82, 2.24) is 5.32 Å². The van der Waals surface area contributed by atoms with Crippen molar-refractivity contribution in [2.24, 2.45) is 11.7 Å². The second-order valence-electron chi connectivity index (χ2n) is 4.45. The van der Waals surface area contributed by atoms with Crippen molar-refractivity contribution < 1.29 is 9.53 Å². The average Bonchev–Trinajstić information content (AvgIpc) is 2.10. The molecule has 4 nitrogen and oxygen atoms in total.